The van der Waals surface area contributed by atoms with E-state index in [0.29, 0.717) is 11.4 Å². The van der Waals surface area contributed by atoms with Gasteiger partial charge < -0.3 is 5.32 Å². The Morgan fingerprint density at radius 1 is 1.04 bits per heavy atom. The Bertz CT molecular complexity index is 944. The summed E-state index contributed by atoms with van der Waals surface area (Å²) in [7, 11) is 0. The van der Waals surface area contributed by atoms with Gasteiger partial charge in [0.2, 0.25) is 5.91 Å². The van der Waals surface area contributed by atoms with Gasteiger partial charge in [-0.25, -0.2) is 0 Å². The highest BCUT2D eigenvalue weighted by atomic mass is 16.6. The molecule has 0 saturated heterocycles. The molecule has 0 aliphatic rings. The maximum absolute atomic E-state index is 13.0. The van der Waals surface area contributed by atoms with E-state index in [0.717, 1.165) is 11.1 Å². The summed E-state index contributed by atoms with van der Waals surface area (Å²) in [4.78, 5) is 23.8. The first-order valence-corrected chi connectivity index (χ1v) is 9.00. The van der Waals surface area contributed by atoms with Gasteiger partial charge in [0, 0.05) is 0 Å². The number of rotatable bonds is 6. The predicted molar refractivity (Wildman–Crippen MR) is 106 cm³/mol. The molecule has 28 heavy (non-hydrogen) atoms. The van der Waals surface area contributed by atoms with Crippen molar-refractivity contribution in [1.29, 1.82) is 0 Å². The van der Waals surface area contributed by atoms with Gasteiger partial charge in [-0.05, 0) is 31.9 Å². The van der Waals surface area contributed by atoms with Crippen LogP contribution in [0.5, 0.6) is 0 Å². The summed E-state index contributed by atoms with van der Waals surface area (Å²) in [6, 6.07) is 18.3. The number of aryl methyl sites for hydroxylation is 1. The number of nitrogens with zero attached hydrogens (tertiary/aromatic N) is 3. The van der Waals surface area contributed by atoms with Crippen LogP contribution in [-0.4, -0.2) is 20.6 Å². The molecule has 0 spiro atoms. The number of amides is 1. The Kier molecular flexibility index (Phi) is 5.54. The van der Waals surface area contributed by atoms with Gasteiger partial charge in [0.25, 0.3) is 0 Å². The van der Waals surface area contributed by atoms with E-state index in [-0.39, 0.29) is 17.6 Å². The van der Waals surface area contributed by atoms with Crippen LogP contribution in [0.3, 0.4) is 0 Å². The van der Waals surface area contributed by atoms with Crippen LogP contribution >= 0.6 is 0 Å². The first kappa shape index (κ1) is 19.3. The molecule has 1 unspecified atom stereocenters. The summed E-state index contributed by atoms with van der Waals surface area (Å²) < 4.78 is 1.41. The van der Waals surface area contributed by atoms with E-state index < -0.39 is 11.0 Å². The van der Waals surface area contributed by atoms with Gasteiger partial charge in [0.05, 0.1) is 11.0 Å². The normalized spacial score (nSPS) is 12.0. The van der Waals surface area contributed by atoms with Crippen molar-refractivity contribution >= 4 is 11.6 Å². The highest BCUT2D eigenvalue weighted by Crippen LogP contribution is 2.26. The zero-order valence-corrected chi connectivity index (χ0v) is 16.0. The molecule has 1 amide bonds. The quantitative estimate of drug-likeness (QED) is 0.521. The Morgan fingerprint density at radius 2 is 1.54 bits per heavy atom. The average molecular weight is 378 g/mol. The summed E-state index contributed by atoms with van der Waals surface area (Å²) in [5, 5.41) is 18.5. The number of carbonyl (C=O) groups is 1. The van der Waals surface area contributed by atoms with Crippen molar-refractivity contribution in [3.8, 4) is 0 Å². The fourth-order valence-electron chi connectivity index (χ4n) is 3.32. The number of aromatic nitrogens is 2. The molecule has 0 aliphatic heterocycles. The van der Waals surface area contributed by atoms with Crippen LogP contribution in [0.25, 0.3) is 0 Å². The van der Waals surface area contributed by atoms with Gasteiger partial charge in [0.15, 0.2) is 0 Å². The molecule has 1 N–H and O–H groups in total. The van der Waals surface area contributed by atoms with Gasteiger partial charge in [0.1, 0.15) is 17.4 Å². The lowest BCUT2D eigenvalue weighted by Crippen LogP contribution is -2.35. The van der Waals surface area contributed by atoms with Crippen LogP contribution < -0.4 is 5.32 Å². The third-order valence-corrected chi connectivity index (χ3v) is 4.77. The van der Waals surface area contributed by atoms with Crippen LogP contribution in [0.4, 0.5) is 5.69 Å². The second kappa shape index (κ2) is 8.04. The standard InChI is InChI=1S/C21H22N4O3/c1-14-20(25(27)28)15(2)24(23-14)16(3)21(26)22-19(17-10-6-4-7-11-17)18-12-8-5-9-13-18/h4-13,16,19H,1-3H3,(H,22,26). The molecular weight excluding hydrogens is 356 g/mol. The van der Waals surface area contributed by atoms with E-state index in [1.54, 1.807) is 20.8 Å². The molecule has 3 aromatic rings. The van der Waals surface area contributed by atoms with Crippen molar-refractivity contribution in [1.82, 2.24) is 15.1 Å². The van der Waals surface area contributed by atoms with Gasteiger partial charge in [-0.3, -0.25) is 19.6 Å². The first-order chi connectivity index (χ1) is 13.4. The van der Waals surface area contributed by atoms with Crippen molar-refractivity contribution in [2.45, 2.75) is 32.9 Å². The topological polar surface area (TPSA) is 90.1 Å². The van der Waals surface area contributed by atoms with E-state index in [9.17, 15) is 14.9 Å². The van der Waals surface area contributed by atoms with Crippen LogP contribution in [0, 0.1) is 24.0 Å². The minimum Gasteiger partial charge on any atom is -0.343 e. The van der Waals surface area contributed by atoms with Gasteiger partial charge in [-0.15, -0.1) is 0 Å². The molecule has 0 radical (unpaired) electrons. The lowest BCUT2D eigenvalue weighted by atomic mass is 9.98. The lowest BCUT2D eigenvalue weighted by Gasteiger charge is -2.22. The smallest absolute Gasteiger partial charge is 0.312 e. The van der Waals surface area contributed by atoms with Crippen molar-refractivity contribution in [2.75, 3.05) is 0 Å². The maximum Gasteiger partial charge on any atom is 0.312 e. The second-order valence-corrected chi connectivity index (χ2v) is 6.66. The Hall–Kier alpha value is -3.48. The molecule has 3 rings (SSSR count). The predicted octanol–water partition coefficient (Wildman–Crippen LogP) is 3.87. The highest BCUT2D eigenvalue weighted by molar-refractivity contribution is 5.81. The Labute approximate surface area is 163 Å². The fourth-order valence-corrected chi connectivity index (χ4v) is 3.32. The van der Waals surface area contributed by atoms with Crippen molar-refractivity contribution in [3.05, 3.63) is 93.3 Å². The monoisotopic (exact) mass is 378 g/mol. The molecule has 0 bridgehead atoms. The third-order valence-electron chi connectivity index (χ3n) is 4.77. The lowest BCUT2D eigenvalue weighted by molar-refractivity contribution is -0.386. The van der Waals surface area contributed by atoms with E-state index in [1.807, 2.05) is 60.7 Å². The number of carbonyl (C=O) groups excluding carboxylic acids is 1. The molecule has 144 valence electrons. The SMILES string of the molecule is Cc1nn(C(C)C(=O)NC(c2ccccc2)c2ccccc2)c(C)c1[N+](=O)[O-]. The molecule has 0 aliphatic carbocycles. The fraction of sp³-hybridized carbons (Fsp3) is 0.238. The summed E-state index contributed by atoms with van der Waals surface area (Å²) in [6.07, 6.45) is 0. The average Bonchev–Trinajstić information content (AvgIpc) is 3.00. The minimum absolute atomic E-state index is 0.0534. The third kappa shape index (κ3) is 3.78. The Balaban J connectivity index is 1.91. The van der Waals surface area contributed by atoms with E-state index in [2.05, 4.69) is 10.4 Å². The van der Waals surface area contributed by atoms with Crippen LogP contribution in [0.1, 0.15) is 41.5 Å². The second-order valence-electron chi connectivity index (χ2n) is 6.66. The largest absolute Gasteiger partial charge is 0.343 e. The van der Waals surface area contributed by atoms with Gasteiger partial charge in [-0.1, -0.05) is 60.7 Å². The molecule has 2 aromatic carbocycles. The minimum atomic E-state index is -0.692. The van der Waals surface area contributed by atoms with Crippen LogP contribution in [0.15, 0.2) is 60.7 Å². The summed E-state index contributed by atoms with van der Waals surface area (Å²) in [5.74, 6) is -0.266. The number of benzene rings is 2. The number of nitro groups is 1. The Morgan fingerprint density at radius 3 is 1.96 bits per heavy atom. The molecule has 1 aromatic heterocycles. The molecule has 1 heterocycles. The van der Waals surface area contributed by atoms with Crippen molar-refractivity contribution in [2.24, 2.45) is 0 Å². The first-order valence-electron chi connectivity index (χ1n) is 9.00. The highest BCUT2D eigenvalue weighted by Gasteiger charge is 2.28. The maximum atomic E-state index is 13.0. The molecule has 0 fully saturated rings. The van der Waals surface area contributed by atoms with Crippen molar-refractivity contribution < 1.29 is 9.72 Å². The molecule has 0 saturated carbocycles. The molecular formula is C21H22N4O3. The van der Waals surface area contributed by atoms with E-state index in [1.165, 1.54) is 4.68 Å². The van der Waals surface area contributed by atoms with Crippen LogP contribution in [0.2, 0.25) is 0 Å². The zero-order valence-electron chi connectivity index (χ0n) is 16.0. The zero-order chi connectivity index (χ0) is 20.3. The number of hydrogen-bond acceptors (Lipinski definition) is 4. The summed E-state index contributed by atoms with van der Waals surface area (Å²) >= 11 is 0. The number of nitrogens with one attached hydrogen (secondary N) is 1. The van der Waals surface area contributed by atoms with Gasteiger partial charge >= 0.3 is 5.69 Å². The molecule has 7 heteroatoms. The molecule has 1 atom stereocenters. The van der Waals surface area contributed by atoms with Crippen LogP contribution in [-0.2, 0) is 4.79 Å². The summed E-state index contributed by atoms with van der Waals surface area (Å²) in [6.45, 7) is 4.86. The van der Waals surface area contributed by atoms with Crippen molar-refractivity contribution in [3.63, 3.8) is 0 Å². The van der Waals surface area contributed by atoms with Gasteiger partial charge in [-0.2, -0.15) is 5.10 Å². The van der Waals surface area contributed by atoms with E-state index >= 15 is 0 Å². The summed E-state index contributed by atoms with van der Waals surface area (Å²) in [5.41, 5.74) is 2.51. The molecule has 7 nitrogen and oxygen atoms in total. The number of hydrogen-bond donors (Lipinski definition) is 1. The van der Waals surface area contributed by atoms with E-state index in [4.69, 9.17) is 0 Å².